The summed E-state index contributed by atoms with van der Waals surface area (Å²) in [6, 6.07) is 1.73. The Hall–Kier alpha value is -1.82. The molecule has 6 heteroatoms. The number of aryl methyl sites for hydroxylation is 1. The molecule has 2 aromatic heterocycles. The van der Waals surface area contributed by atoms with Gasteiger partial charge in [0.15, 0.2) is 0 Å². The fraction of sp³-hybridized carbons (Fsp3) is 0.200. The minimum Gasteiger partial charge on any atom is -0.496 e. The third-order valence-corrected chi connectivity index (χ3v) is 3.29. The molecule has 2 heterocycles. The molecule has 0 bridgehead atoms. The lowest BCUT2D eigenvalue weighted by Crippen LogP contribution is -1.97. The number of pyridine rings is 1. The summed E-state index contributed by atoms with van der Waals surface area (Å²) in [5.74, 6) is -0.482. The average Bonchev–Trinajstić information content (AvgIpc) is 2.55. The standard InChI is InChI=1S/C10H10N2O3S/c1-4-3-5(15-2)6-7(11)8(10(13)14)16-9(6)12-4/h3H,11H2,1-2H3,(H,13,14). The van der Waals surface area contributed by atoms with Gasteiger partial charge >= 0.3 is 5.97 Å². The van der Waals surface area contributed by atoms with E-state index >= 15 is 0 Å². The van der Waals surface area contributed by atoms with Crippen LogP contribution in [0.5, 0.6) is 5.75 Å². The number of thiophene rings is 1. The lowest BCUT2D eigenvalue weighted by atomic mass is 10.2. The van der Waals surface area contributed by atoms with Gasteiger partial charge in [-0.15, -0.1) is 11.3 Å². The maximum atomic E-state index is 10.9. The highest BCUT2D eigenvalue weighted by atomic mass is 32.1. The Bertz CT molecular complexity index is 577. The topological polar surface area (TPSA) is 85.4 Å². The number of aromatic carboxylic acids is 1. The van der Waals surface area contributed by atoms with Crippen molar-refractivity contribution in [3.63, 3.8) is 0 Å². The van der Waals surface area contributed by atoms with E-state index in [1.54, 1.807) is 6.07 Å². The largest absolute Gasteiger partial charge is 0.496 e. The Labute approximate surface area is 95.5 Å². The van der Waals surface area contributed by atoms with Crippen LogP contribution in [-0.4, -0.2) is 23.2 Å². The molecular formula is C10H10N2O3S. The molecule has 0 saturated carbocycles. The molecule has 0 aliphatic rings. The van der Waals surface area contributed by atoms with E-state index in [-0.39, 0.29) is 10.6 Å². The lowest BCUT2D eigenvalue weighted by Gasteiger charge is -2.03. The normalized spacial score (nSPS) is 10.6. The first-order valence-corrected chi connectivity index (χ1v) is 5.33. The molecule has 0 aliphatic carbocycles. The van der Waals surface area contributed by atoms with Gasteiger partial charge in [0.1, 0.15) is 15.5 Å². The number of carboxylic acid groups (broad SMARTS) is 1. The van der Waals surface area contributed by atoms with E-state index in [9.17, 15) is 4.79 Å². The fourth-order valence-corrected chi connectivity index (χ4v) is 2.52. The molecule has 0 saturated heterocycles. The smallest absolute Gasteiger partial charge is 0.348 e. The highest BCUT2D eigenvalue weighted by Gasteiger charge is 2.19. The first kappa shape index (κ1) is 10.7. The second kappa shape index (κ2) is 3.64. The molecule has 0 aromatic carbocycles. The number of carboxylic acids is 1. The SMILES string of the molecule is COc1cc(C)nc2sc(C(=O)O)c(N)c12. The van der Waals surface area contributed by atoms with E-state index in [1.807, 2.05) is 6.92 Å². The molecule has 3 N–H and O–H groups in total. The second-order valence-corrected chi connectivity index (χ2v) is 4.30. The molecule has 0 atom stereocenters. The minimum absolute atomic E-state index is 0.103. The van der Waals surface area contributed by atoms with Gasteiger partial charge in [-0.1, -0.05) is 0 Å². The van der Waals surface area contributed by atoms with Gasteiger partial charge in [0.25, 0.3) is 0 Å². The molecule has 2 rings (SSSR count). The highest BCUT2D eigenvalue weighted by molar-refractivity contribution is 7.21. The molecule has 5 nitrogen and oxygen atoms in total. The molecule has 0 aliphatic heterocycles. The predicted molar refractivity (Wildman–Crippen MR) is 62.3 cm³/mol. The number of hydrogen-bond acceptors (Lipinski definition) is 5. The third kappa shape index (κ3) is 1.47. The zero-order valence-electron chi connectivity index (χ0n) is 8.77. The Kier molecular flexibility index (Phi) is 2.43. The Balaban J connectivity index is 2.85. The zero-order valence-corrected chi connectivity index (χ0v) is 9.59. The van der Waals surface area contributed by atoms with Crippen molar-refractivity contribution in [2.24, 2.45) is 0 Å². The molecule has 0 fully saturated rings. The number of anilines is 1. The first-order chi connectivity index (χ1) is 7.54. The zero-order chi connectivity index (χ0) is 11.9. The van der Waals surface area contributed by atoms with E-state index < -0.39 is 5.97 Å². The van der Waals surface area contributed by atoms with Crippen molar-refractivity contribution in [2.45, 2.75) is 6.92 Å². The van der Waals surface area contributed by atoms with Crippen LogP contribution in [0.2, 0.25) is 0 Å². The average molecular weight is 238 g/mol. The number of carbonyl (C=O) groups is 1. The molecular weight excluding hydrogens is 228 g/mol. The molecule has 16 heavy (non-hydrogen) atoms. The van der Waals surface area contributed by atoms with Crippen molar-refractivity contribution in [2.75, 3.05) is 12.8 Å². The van der Waals surface area contributed by atoms with Gasteiger partial charge in [0.05, 0.1) is 18.2 Å². The Morgan fingerprint density at radius 3 is 2.88 bits per heavy atom. The van der Waals surface area contributed by atoms with Crippen LogP contribution in [0.1, 0.15) is 15.4 Å². The van der Waals surface area contributed by atoms with Gasteiger partial charge < -0.3 is 15.6 Å². The minimum atomic E-state index is -1.04. The van der Waals surface area contributed by atoms with Crippen LogP contribution in [0.4, 0.5) is 5.69 Å². The number of hydrogen-bond donors (Lipinski definition) is 2. The summed E-state index contributed by atoms with van der Waals surface area (Å²) < 4.78 is 5.18. The fourth-order valence-electron chi connectivity index (χ4n) is 1.52. The summed E-state index contributed by atoms with van der Waals surface area (Å²) in [5, 5.41) is 9.54. The van der Waals surface area contributed by atoms with Gasteiger partial charge in [-0.3, -0.25) is 0 Å². The molecule has 2 aromatic rings. The summed E-state index contributed by atoms with van der Waals surface area (Å²) in [5.41, 5.74) is 6.76. The van der Waals surface area contributed by atoms with Crippen LogP contribution in [0.25, 0.3) is 10.2 Å². The molecule has 84 valence electrons. The third-order valence-electron chi connectivity index (χ3n) is 2.21. The van der Waals surface area contributed by atoms with Gasteiger partial charge in [-0.05, 0) is 6.92 Å². The van der Waals surface area contributed by atoms with Gasteiger partial charge in [-0.2, -0.15) is 0 Å². The van der Waals surface area contributed by atoms with E-state index in [4.69, 9.17) is 15.6 Å². The monoisotopic (exact) mass is 238 g/mol. The summed E-state index contributed by atoms with van der Waals surface area (Å²) >= 11 is 1.06. The number of nitrogens with two attached hydrogens (primary N) is 1. The van der Waals surface area contributed by atoms with Gasteiger partial charge in [-0.25, -0.2) is 9.78 Å². The van der Waals surface area contributed by atoms with Gasteiger partial charge in [0.2, 0.25) is 0 Å². The highest BCUT2D eigenvalue weighted by Crippen LogP contribution is 2.38. The van der Waals surface area contributed by atoms with Crippen LogP contribution >= 0.6 is 11.3 Å². The predicted octanol–water partition coefficient (Wildman–Crippen LogP) is 1.89. The van der Waals surface area contributed by atoms with Crippen molar-refractivity contribution in [3.05, 3.63) is 16.6 Å². The lowest BCUT2D eigenvalue weighted by molar-refractivity contribution is 0.0703. The number of rotatable bonds is 2. The number of methoxy groups -OCH3 is 1. The number of nitrogen functional groups attached to an aromatic ring is 1. The van der Waals surface area contributed by atoms with Crippen LogP contribution in [-0.2, 0) is 0 Å². The van der Waals surface area contributed by atoms with Crippen molar-refractivity contribution in [1.29, 1.82) is 0 Å². The number of nitrogens with zero attached hydrogens (tertiary/aromatic N) is 1. The van der Waals surface area contributed by atoms with Crippen molar-refractivity contribution < 1.29 is 14.6 Å². The van der Waals surface area contributed by atoms with E-state index in [0.717, 1.165) is 17.0 Å². The molecule has 0 radical (unpaired) electrons. The van der Waals surface area contributed by atoms with Crippen LogP contribution < -0.4 is 10.5 Å². The summed E-state index contributed by atoms with van der Waals surface area (Å²) in [7, 11) is 1.52. The van der Waals surface area contributed by atoms with Gasteiger partial charge in [0, 0.05) is 11.8 Å². The van der Waals surface area contributed by atoms with Crippen LogP contribution in [0.3, 0.4) is 0 Å². The molecule has 0 amide bonds. The summed E-state index contributed by atoms with van der Waals surface area (Å²) in [6.07, 6.45) is 0. The second-order valence-electron chi connectivity index (χ2n) is 3.30. The number of fused-ring (bicyclic) bond motifs is 1. The Morgan fingerprint density at radius 1 is 1.62 bits per heavy atom. The number of ether oxygens (including phenoxy) is 1. The van der Waals surface area contributed by atoms with E-state index in [2.05, 4.69) is 4.98 Å². The van der Waals surface area contributed by atoms with Crippen LogP contribution in [0.15, 0.2) is 6.07 Å². The molecule has 0 unspecified atom stereocenters. The summed E-state index contributed by atoms with van der Waals surface area (Å²) in [6.45, 7) is 1.82. The Morgan fingerprint density at radius 2 is 2.31 bits per heavy atom. The van der Waals surface area contributed by atoms with E-state index in [1.165, 1.54) is 7.11 Å². The van der Waals surface area contributed by atoms with Crippen molar-refractivity contribution in [1.82, 2.24) is 4.98 Å². The van der Waals surface area contributed by atoms with Crippen LogP contribution in [0, 0.1) is 6.92 Å². The van der Waals surface area contributed by atoms with Crippen molar-refractivity contribution in [3.8, 4) is 5.75 Å². The van der Waals surface area contributed by atoms with E-state index in [0.29, 0.717) is 16.0 Å². The maximum Gasteiger partial charge on any atom is 0.348 e. The first-order valence-electron chi connectivity index (χ1n) is 4.51. The quantitative estimate of drug-likeness (QED) is 0.834. The number of aromatic nitrogens is 1. The summed E-state index contributed by atoms with van der Waals surface area (Å²) in [4.78, 5) is 15.9. The molecule has 0 spiro atoms. The van der Waals surface area contributed by atoms with Crippen molar-refractivity contribution >= 4 is 33.2 Å². The maximum absolute atomic E-state index is 10.9.